The molecule has 3 aromatic carbocycles. The number of rotatable bonds is 5. The molecule has 6 heteroatoms. The van der Waals surface area contributed by atoms with E-state index in [4.69, 9.17) is 9.26 Å². The van der Waals surface area contributed by atoms with E-state index < -0.39 is 0 Å². The summed E-state index contributed by atoms with van der Waals surface area (Å²) in [7, 11) is 1.65. The zero-order valence-electron chi connectivity index (χ0n) is 18.0. The van der Waals surface area contributed by atoms with Gasteiger partial charge >= 0.3 is 0 Å². The normalized spacial score (nSPS) is 12.2. The van der Waals surface area contributed by atoms with Crippen molar-refractivity contribution in [1.29, 1.82) is 0 Å². The summed E-state index contributed by atoms with van der Waals surface area (Å²) in [5.74, 6) is 0.498. The molecular formula is C26H22FN3O2. The van der Waals surface area contributed by atoms with Gasteiger partial charge in [0.1, 0.15) is 17.3 Å². The molecule has 5 nitrogen and oxygen atoms in total. The molecule has 2 aromatic heterocycles. The van der Waals surface area contributed by atoms with E-state index in [1.165, 1.54) is 12.1 Å². The summed E-state index contributed by atoms with van der Waals surface area (Å²) < 4.78 is 26.7. The van der Waals surface area contributed by atoms with Crippen LogP contribution in [0.1, 0.15) is 29.7 Å². The number of fused-ring (bicyclic) bond motifs is 1. The lowest BCUT2D eigenvalue weighted by atomic mass is 9.91. The average Bonchev–Trinajstić information content (AvgIpc) is 3.45. The van der Waals surface area contributed by atoms with Crippen LogP contribution in [0.2, 0.25) is 0 Å². The molecule has 5 rings (SSSR count). The zero-order chi connectivity index (χ0) is 22.2. The molecule has 0 amide bonds. The molecule has 0 fully saturated rings. The molecule has 0 bridgehead atoms. The molecule has 0 aliphatic heterocycles. The van der Waals surface area contributed by atoms with Gasteiger partial charge in [-0.2, -0.15) is 0 Å². The van der Waals surface area contributed by atoms with Gasteiger partial charge in [0, 0.05) is 23.2 Å². The molecule has 160 valence electrons. The van der Waals surface area contributed by atoms with E-state index in [2.05, 4.69) is 17.1 Å². The number of para-hydroxylation sites is 1. The third kappa shape index (κ3) is 3.43. The number of nitrogens with zero attached hydrogens (tertiary/aromatic N) is 3. The van der Waals surface area contributed by atoms with Crippen molar-refractivity contribution in [3.05, 3.63) is 95.8 Å². The van der Waals surface area contributed by atoms with Gasteiger partial charge in [0.05, 0.1) is 30.2 Å². The van der Waals surface area contributed by atoms with Gasteiger partial charge in [-0.15, -0.1) is 0 Å². The third-order valence-electron chi connectivity index (χ3n) is 5.81. The van der Waals surface area contributed by atoms with Gasteiger partial charge in [-0.3, -0.25) is 0 Å². The Morgan fingerprint density at radius 3 is 2.59 bits per heavy atom. The molecule has 0 spiro atoms. The molecule has 0 saturated carbocycles. The minimum absolute atomic E-state index is 0.0292. The van der Waals surface area contributed by atoms with Crippen molar-refractivity contribution in [1.82, 2.24) is 14.7 Å². The number of hydrogen-bond donors (Lipinski definition) is 0. The SMILES string of the molecule is COc1cc(-c2noc3c(C(C)c4ccc(F)cc4)cccc23)ccc1-n1cnc(C)c1. The van der Waals surface area contributed by atoms with Crippen molar-refractivity contribution in [3.8, 4) is 22.7 Å². The molecule has 0 N–H and O–H groups in total. The van der Waals surface area contributed by atoms with Gasteiger partial charge in [-0.05, 0) is 42.8 Å². The molecule has 1 unspecified atom stereocenters. The predicted octanol–water partition coefficient (Wildman–Crippen LogP) is 6.29. The van der Waals surface area contributed by atoms with Crippen LogP contribution in [-0.4, -0.2) is 21.8 Å². The van der Waals surface area contributed by atoms with E-state index in [9.17, 15) is 4.39 Å². The largest absolute Gasteiger partial charge is 0.495 e. The van der Waals surface area contributed by atoms with Gasteiger partial charge < -0.3 is 13.8 Å². The monoisotopic (exact) mass is 427 g/mol. The van der Waals surface area contributed by atoms with Crippen molar-refractivity contribution in [2.45, 2.75) is 19.8 Å². The Morgan fingerprint density at radius 1 is 1.06 bits per heavy atom. The lowest BCUT2D eigenvalue weighted by Crippen LogP contribution is -1.97. The summed E-state index contributed by atoms with van der Waals surface area (Å²) in [6, 6.07) is 18.5. The minimum atomic E-state index is -0.246. The van der Waals surface area contributed by atoms with Gasteiger partial charge in [0.2, 0.25) is 0 Å². The fourth-order valence-corrected chi connectivity index (χ4v) is 4.06. The number of benzene rings is 3. The van der Waals surface area contributed by atoms with Crippen LogP contribution in [0.5, 0.6) is 5.75 Å². The Balaban J connectivity index is 1.57. The highest BCUT2D eigenvalue weighted by atomic mass is 19.1. The van der Waals surface area contributed by atoms with E-state index in [0.29, 0.717) is 5.75 Å². The molecule has 0 aliphatic rings. The zero-order valence-corrected chi connectivity index (χ0v) is 18.0. The lowest BCUT2D eigenvalue weighted by Gasteiger charge is -2.12. The Kier molecular flexibility index (Phi) is 4.98. The number of hydrogen-bond acceptors (Lipinski definition) is 4. The van der Waals surface area contributed by atoms with E-state index in [1.54, 1.807) is 25.6 Å². The Bertz CT molecular complexity index is 1400. The van der Waals surface area contributed by atoms with Gasteiger partial charge in [0.25, 0.3) is 0 Å². The first-order chi connectivity index (χ1) is 15.5. The first-order valence-corrected chi connectivity index (χ1v) is 10.4. The highest BCUT2D eigenvalue weighted by molar-refractivity contribution is 5.94. The quantitative estimate of drug-likeness (QED) is 0.331. The van der Waals surface area contributed by atoms with E-state index in [1.807, 2.05) is 54.1 Å². The lowest BCUT2D eigenvalue weighted by molar-refractivity contribution is 0.413. The summed E-state index contributed by atoms with van der Waals surface area (Å²) in [5, 5.41) is 5.31. The van der Waals surface area contributed by atoms with Crippen molar-refractivity contribution >= 4 is 11.0 Å². The first-order valence-electron chi connectivity index (χ1n) is 10.4. The summed E-state index contributed by atoms with van der Waals surface area (Å²) in [4.78, 5) is 4.30. The van der Waals surface area contributed by atoms with Crippen molar-refractivity contribution in [2.24, 2.45) is 0 Å². The van der Waals surface area contributed by atoms with E-state index >= 15 is 0 Å². The first kappa shape index (κ1) is 20.0. The van der Waals surface area contributed by atoms with Crippen LogP contribution in [0.3, 0.4) is 0 Å². The summed E-state index contributed by atoms with van der Waals surface area (Å²) in [6.45, 7) is 4.03. The Morgan fingerprint density at radius 2 is 1.88 bits per heavy atom. The summed E-state index contributed by atoms with van der Waals surface area (Å²) >= 11 is 0. The number of imidazole rings is 1. The van der Waals surface area contributed by atoms with Crippen LogP contribution < -0.4 is 4.74 Å². The molecule has 0 saturated heterocycles. The van der Waals surface area contributed by atoms with Crippen molar-refractivity contribution < 1.29 is 13.7 Å². The molecule has 2 heterocycles. The maximum atomic E-state index is 13.4. The predicted molar refractivity (Wildman–Crippen MR) is 122 cm³/mol. The highest BCUT2D eigenvalue weighted by Gasteiger charge is 2.19. The summed E-state index contributed by atoms with van der Waals surface area (Å²) in [6.07, 6.45) is 3.72. The maximum absolute atomic E-state index is 13.4. The second kappa shape index (κ2) is 7.96. The fraction of sp³-hybridized carbons (Fsp3) is 0.154. The Labute approximate surface area is 185 Å². The van der Waals surface area contributed by atoms with Crippen LogP contribution >= 0.6 is 0 Å². The molecule has 0 aliphatic carbocycles. The second-order valence-corrected chi connectivity index (χ2v) is 7.84. The number of ether oxygens (including phenoxy) is 1. The minimum Gasteiger partial charge on any atom is -0.495 e. The number of methoxy groups -OCH3 is 1. The number of halogens is 1. The van der Waals surface area contributed by atoms with Crippen LogP contribution in [-0.2, 0) is 0 Å². The third-order valence-corrected chi connectivity index (χ3v) is 5.81. The number of aromatic nitrogens is 3. The number of aryl methyl sites for hydroxylation is 1. The van der Waals surface area contributed by atoms with E-state index in [0.717, 1.165) is 44.7 Å². The molecule has 1 atom stereocenters. The fourth-order valence-electron chi connectivity index (χ4n) is 4.06. The molecule has 0 radical (unpaired) electrons. The topological polar surface area (TPSA) is 53.1 Å². The second-order valence-electron chi connectivity index (χ2n) is 7.84. The highest BCUT2D eigenvalue weighted by Crippen LogP contribution is 2.37. The molecular weight excluding hydrogens is 405 g/mol. The van der Waals surface area contributed by atoms with Crippen molar-refractivity contribution in [3.63, 3.8) is 0 Å². The average molecular weight is 427 g/mol. The summed E-state index contributed by atoms with van der Waals surface area (Å²) in [5.41, 5.74) is 6.22. The van der Waals surface area contributed by atoms with Crippen LogP contribution in [0, 0.1) is 12.7 Å². The van der Waals surface area contributed by atoms with Crippen LogP contribution in [0.25, 0.3) is 27.9 Å². The Hall–Kier alpha value is -3.93. The standard InChI is InChI=1S/C26H22FN3O2/c1-16-14-30(15-28-16)23-12-9-19(13-24(23)31-3)25-22-6-4-5-21(26(22)32-29-25)17(2)18-7-10-20(27)11-8-18/h4-15,17H,1-3H3. The van der Waals surface area contributed by atoms with Gasteiger partial charge in [-0.25, -0.2) is 9.37 Å². The van der Waals surface area contributed by atoms with Gasteiger partial charge in [-0.1, -0.05) is 42.4 Å². The smallest absolute Gasteiger partial charge is 0.171 e. The molecule has 5 aromatic rings. The van der Waals surface area contributed by atoms with Crippen molar-refractivity contribution in [2.75, 3.05) is 7.11 Å². The van der Waals surface area contributed by atoms with Crippen LogP contribution in [0.4, 0.5) is 4.39 Å². The maximum Gasteiger partial charge on any atom is 0.171 e. The van der Waals surface area contributed by atoms with E-state index in [-0.39, 0.29) is 11.7 Å². The van der Waals surface area contributed by atoms with Gasteiger partial charge in [0.15, 0.2) is 5.58 Å². The van der Waals surface area contributed by atoms with Crippen LogP contribution in [0.15, 0.2) is 77.7 Å². The molecule has 32 heavy (non-hydrogen) atoms.